The molecular formula is C18H23ClFN4O+. The molecule has 1 aliphatic heterocycles. The Balaban J connectivity index is 1.81. The number of piperazine rings is 1. The SMILES string of the molecule is CCC[NH+]1CCN(C(=O)c2c(C)nn(-c3ccc(F)cc3)c2Cl)CC1. The molecule has 5 nitrogen and oxygen atoms in total. The summed E-state index contributed by atoms with van der Waals surface area (Å²) in [7, 11) is 0. The zero-order valence-electron chi connectivity index (χ0n) is 14.6. The molecule has 1 saturated heterocycles. The smallest absolute Gasteiger partial charge is 0.259 e. The van der Waals surface area contributed by atoms with Crippen molar-refractivity contribution in [1.82, 2.24) is 14.7 Å². The number of nitrogens with zero attached hydrogens (tertiary/aromatic N) is 3. The molecule has 0 radical (unpaired) electrons. The summed E-state index contributed by atoms with van der Waals surface area (Å²) < 4.78 is 14.6. The predicted molar refractivity (Wildman–Crippen MR) is 95.0 cm³/mol. The van der Waals surface area contributed by atoms with Crippen LogP contribution in [0.15, 0.2) is 24.3 Å². The van der Waals surface area contributed by atoms with Gasteiger partial charge in [-0.3, -0.25) is 4.79 Å². The number of hydrogen-bond donors (Lipinski definition) is 1. The standard InChI is InChI=1S/C18H22ClFN4O/c1-3-8-22-9-11-23(12-10-22)18(25)16-13(2)21-24(17(16)19)15-6-4-14(20)5-7-15/h4-7H,3,8-12H2,1-2H3/p+1. The minimum absolute atomic E-state index is 0.0774. The van der Waals surface area contributed by atoms with Crippen molar-refractivity contribution in [3.05, 3.63) is 46.5 Å². The van der Waals surface area contributed by atoms with Gasteiger partial charge in [0.15, 0.2) is 0 Å². The second-order valence-corrected chi connectivity index (χ2v) is 6.79. The van der Waals surface area contributed by atoms with Crippen LogP contribution in [-0.4, -0.2) is 53.3 Å². The van der Waals surface area contributed by atoms with Gasteiger partial charge >= 0.3 is 0 Å². The topological polar surface area (TPSA) is 42.6 Å². The lowest BCUT2D eigenvalue weighted by atomic mass is 10.2. The molecule has 1 N–H and O–H groups in total. The van der Waals surface area contributed by atoms with Crippen molar-refractivity contribution in [3.63, 3.8) is 0 Å². The molecule has 2 aromatic rings. The summed E-state index contributed by atoms with van der Waals surface area (Å²) in [5, 5.41) is 4.66. The lowest BCUT2D eigenvalue weighted by Crippen LogP contribution is -3.14. The number of hydrogen-bond acceptors (Lipinski definition) is 2. The van der Waals surface area contributed by atoms with E-state index in [0.29, 0.717) is 16.9 Å². The number of nitrogens with one attached hydrogen (secondary N) is 1. The number of benzene rings is 1. The van der Waals surface area contributed by atoms with Crippen LogP contribution in [0.4, 0.5) is 4.39 Å². The Kier molecular flexibility index (Phi) is 5.39. The van der Waals surface area contributed by atoms with Crippen molar-refractivity contribution in [2.75, 3.05) is 32.7 Å². The molecule has 2 heterocycles. The van der Waals surface area contributed by atoms with Crippen molar-refractivity contribution in [2.24, 2.45) is 0 Å². The lowest BCUT2D eigenvalue weighted by molar-refractivity contribution is -0.904. The van der Waals surface area contributed by atoms with Gasteiger partial charge in [0.1, 0.15) is 11.0 Å². The Morgan fingerprint density at radius 2 is 1.92 bits per heavy atom. The van der Waals surface area contributed by atoms with Crippen molar-refractivity contribution in [1.29, 1.82) is 0 Å². The number of halogens is 2. The molecule has 7 heteroatoms. The van der Waals surface area contributed by atoms with Crippen molar-refractivity contribution >= 4 is 17.5 Å². The Hall–Kier alpha value is -1.92. The highest BCUT2D eigenvalue weighted by atomic mass is 35.5. The summed E-state index contributed by atoms with van der Waals surface area (Å²) in [6.07, 6.45) is 1.15. The van der Waals surface area contributed by atoms with Crippen molar-refractivity contribution in [2.45, 2.75) is 20.3 Å². The molecule has 0 spiro atoms. The van der Waals surface area contributed by atoms with E-state index in [4.69, 9.17) is 11.6 Å². The van der Waals surface area contributed by atoms with E-state index in [2.05, 4.69) is 12.0 Å². The van der Waals surface area contributed by atoms with E-state index < -0.39 is 0 Å². The Morgan fingerprint density at radius 3 is 2.52 bits per heavy atom. The fourth-order valence-electron chi connectivity index (χ4n) is 3.28. The van der Waals surface area contributed by atoms with Gasteiger partial charge in [0, 0.05) is 0 Å². The first-order valence-electron chi connectivity index (χ1n) is 8.65. The van der Waals surface area contributed by atoms with E-state index in [-0.39, 0.29) is 16.9 Å². The number of amides is 1. The van der Waals surface area contributed by atoms with Gasteiger partial charge in [-0.25, -0.2) is 9.07 Å². The first-order valence-corrected chi connectivity index (χ1v) is 9.03. The lowest BCUT2D eigenvalue weighted by Gasteiger charge is -2.32. The van der Waals surface area contributed by atoms with Crippen LogP contribution in [0.2, 0.25) is 5.15 Å². The molecule has 1 aliphatic rings. The fraction of sp³-hybridized carbons (Fsp3) is 0.444. The zero-order chi connectivity index (χ0) is 18.0. The van der Waals surface area contributed by atoms with Crippen LogP contribution in [0, 0.1) is 12.7 Å². The first kappa shape index (κ1) is 17.9. The van der Waals surface area contributed by atoms with Gasteiger partial charge in [0.05, 0.1) is 49.7 Å². The second kappa shape index (κ2) is 7.54. The van der Waals surface area contributed by atoms with E-state index in [1.807, 2.05) is 4.90 Å². The molecule has 1 aromatic heterocycles. The normalized spacial score (nSPS) is 15.6. The minimum atomic E-state index is -0.326. The fourth-order valence-corrected chi connectivity index (χ4v) is 3.64. The van der Waals surface area contributed by atoms with E-state index in [1.54, 1.807) is 19.1 Å². The van der Waals surface area contributed by atoms with Crippen LogP contribution < -0.4 is 4.90 Å². The van der Waals surface area contributed by atoms with Crippen LogP contribution in [0.3, 0.4) is 0 Å². The van der Waals surface area contributed by atoms with Crippen molar-refractivity contribution in [3.8, 4) is 5.69 Å². The van der Waals surface area contributed by atoms with Crippen LogP contribution in [0.1, 0.15) is 29.4 Å². The quantitative estimate of drug-likeness (QED) is 0.896. The van der Waals surface area contributed by atoms with Gasteiger partial charge in [0.25, 0.3) is 5.91 Å². The molecule has 134 valence electrons. The molecule has 1 amide bonds. The van der Waals surface area contributed by atoms with Gasteiger partial charge in [-0.05, 0) is 37.6 Å². The van der Waals surface area contributed by atoms with Gasteiger partial charge in [-0.2, -0.15) is 5.10 Å². The van der Waals surface area contributed by atoms with E-state index >= 15 is 0 Å². The number of aromatic nitrogens is 2. The number of carbonyl (C=O) groups is 1. The molecule has 0 saturated carbocycles. The third-order valence-corrected chi connectivity index (χ3v) is 5.00. The average Bonchev–Trinajstić information content (AvgIpc) is 2.90. The highest BCUT2D eigenvalue weighted by molar-refractivity contribution is 6.33. The molecule has 25 heavy (non-hydrogen) atoms. The third kappa shape index (κ3) is 3.70. The molecule has 0 atom stereocenters. The highest BCUT2D eigenvalue weighted by Gasteiger charge is 2.29. The number of aryl methyl sites for hydroxylation is 1. The summed E-state index contributed by atoms with van der Waals surface area (Å²) in [4.78, 5) is 16.3. The Morgan fingerprint density at radius 1 is 1.28 bits per heavy atom. The Bertz CT molecular complexity index is 751. The third-order valence-electron chi connectivity index (χ3n) is 4.65. The zero-order valence-corrected chi connectivity index (χ0v) is 15.3. The molecular weight excluding hydrogens is 343 g/mol. The summed E-state index contributed by atoms with van der Waals surface area (Å²) >= 11 is 6.45. The molecule has 0 unspecified atom stereocenters. The largest absolute Gasteiger partial charge is 0.332 e. The molecule has 0 aliphatic carbocycles. The predicted octanol–water partition coefficient (Wildman–Crippen LogP) is 1.72. The number of quaternary nitrogens is 1. The first-order chi connectivity index (χ1) is 12.0. The van der Waals surface area contributed by atoms with E-state index in [1.165, 1.54) is 21.7 Å². The van der Waals surface area contributed by atoms with Crippen LogP contribution in [0.5, 0.6) is 0 Å². The molecule has 3 rings (SSSR count). The maximum absolute atomic E-state index is 13.1. The van der Waals surface area contributed by atoms with Gasteiger partial charge in [0.2, 0.25) is 0 Å². The highest BCUT2D eigenvalue weighted by Crippen LogP contribution is 2.25. The van der Waals surface area contributed by atoms with Crippen molar-refractivity contribution < 1.29 is 14.1 Å². The van der Waals surface area contributed by atoms with Crippen LogP contribution >= 0.6 is 11.6 Å². The molecule has 0 bridgehead atoms. The summed E-state index contributed by atoms with van der Waals surface area (Å²) in [6, 6.07) is 5.88. The number of rotatable bonds is 4. The number of carbonyl (C=O) groups excluding carboxylic acids is 1. The molecule has 1 fully saturated rings. The Labute approximate surface area is 152 Å². The minimum Gasteiger partial charge on any atom is -0.332 e. The maximum Gasteiger partial charge on any atom is 0.259 e. The monoisotopic (exact) mass is 365 g/mol. The van der Waals surface area contributed by atoms with Gasteiger partial charge < -0.3 is 9.80 Å². The van der Waals surface area contributed by atoms with Crippen LogP contribution in [-0.2, 0) is 0 Å². The second-order valence-electron chi connectivity index (χ2n) is 6.43. The average molecular weight is 366 g/mol. The maximum atomic E-state index is 13.1. The summed E-state index contributed by atoms with van der Waals surface area (Å²) in [6.45, 7) is 8.47. The van der Waals surface area contributed by atoms with E-state index in [0.717, 1.165) is 39.1 Å². The summed E-state index contributed by atoms with van der Waals surface area (Å²) in [5.41, 5.74) is 1.65. The van der Waals surface area contributed by atoms with Gasteiger partial charge in [-0.1, -0.05) is 18.5 Å². The van der Waals surface area contributed by atoms with E-state index in [9.17, 15) is 9.18 Å². The summed E-state index contributed by atoms with van der Waals surface area (Å²) in [5.74, 6) is -0.404. The van der Waals surface area contributed by atoms with Crippen LogP contribution in [0.25, 0.3) is 5.69 Å². The van der Waals surface area contributed by atoms with Gasteiger partial charge in [-0.15, -0.1) is 0 Å². The molecule has 1 aromatic carbocycles.